The molecule has 0 aliphatic carbocycles. The summed E-state index contributed by atoms with van der Waals surface area (Å²) in [5.74, 6) is 1.36. The lowest BCUT2D eigenvalue weighted by atomic mass is 10.0. The molecule has 2 nitrogen and oxygen atoms in total. The lowest BCUT2D eigenvalue weighted by Crippen LogP contribution is -2.35. The summed E-state index contributed by atoms with van der Waals surface area (Å²) in [6, 6.07) is 4.64. The van der Waals surface area contributed by atoms with Crippen LogP contribution >= 0.6 is 11.6 Å². The monoisotopic (exact) mass is 311 g/mol. The van der Waals surface area contributed by atoms with Crippen LogP contribution in [0.1, 0.15) is 64.5 Å². The van der Waals surface area contributed by atoms with Gasteiger partial charge in [0.25, 0.3) is 0 Å². The van der Waals surface area contributed by atoms with Gasteiger partial charge in [-0.15, -0.1) is 0 Å². The fraction of sp³-hybridized carbons (Fsp3) is 0.667. The number of nitrogens with one attached hydrogen (secondary N) is 1. The molecule has 1 aromatic rings. The summed E-state index contributed by atoms with van der Waals surface area (Å²) >= 11 is 6.24. The smallest absolute Gasteiger partial charge is 0.123 e. The van der Waals surface area contributed by atoms with E-state index in [1.54, 1.807) is 0 Å². The normalized spacial score (nSPS) is 14.3. The van der Waals surface area contributed by atoms with Crippen molar-refractivity contribution in [1.82, 2.24) is 5.32 Å². The molecule has 1 rings (SSSR count). The molecule has 1 aromatic carbocycles. The molecule has 21 heavy (non-hydrogen) atoms. The zero-order valence-electron chi connectivity index (χ0n) is 14.3. The van der Waals surface area contributed by atoms with E-state index in [0.29, 0.717) is 12.0 Å². The van der Waals surface area contributed by atoms with E-state index in [1.807, 2.05) is 13.0 Å². The van der Waals surface area contributed by atoms with Crippen LogP contribution < -0.4 is 10.1 Å². The molecule has 0 fully saturated rings. The number of halogens is 1. The number of rotatable bonds is 8. The summed E-state index contributed by atoms with van der Waals surface area (Å²) in [5.41, 5.74) is 2.25. The van der Waals surface area contributed by atoms with E-state index in [-0.39, 0.29) is 6.10 Å². The maximum absolute atomic E-state index is 6.24. The van der Waals surface area contributed by atoms with Gasteiger partial charge in [-0.05, 0) is 56.4 Å². The highest BCUT2D eigenvalue weighted by molar-refractivity contribution is 6.31. The molecule has 0 aliphatic rings. The Labute approximate surface area is 135 Å². The van der Waals surface area contributed by atoms with Gasteiger partial charge in [-0.2, -0.15) is 0 Å². The highest BCUT2D eigenvalue weighted by atomic mass is 35.5. The van der Waals surface area contributed by atoms with E-state index in [0.717, 1.165) is 22.9 Å². The second kappa shape index (κ2) is 8.65. The number of aryl methyl sites for hydroxylation is 1. The first-order valence-corrected chi connectivity index (χ1v) is 8.43. The van der Waals surface area contributed by atoms with Crippen LogP contribution in [0.25, 0.3) is 0 Å². The molecular formula is C18H30ClNO. The van der Waals surface area contributed by atoms with E-state index < -0.39 is 0 Å². The zero-order valence-corrected chi connectivity index (χ0v) is 15.1. The maximum atomic E-state index is 6.24. The number of benzene rings is 1. The molecule has 2 unspecified atom stereocenters. The zero-order chi connectivity index (χ0) is 16.0. The van der Waals surface area contributed by atoms with Crippen LogP contribution in [0.3, 0.4) is 0 Å². The Morgan fingerprint density at radius 1 is 1.19 bits per heavy atom. The van der Waals surface area contributed by atoms with Crippen LogP contribution in [-0.2, 0) is 0 Å². The largest absolute Gasteiger partial charge is 0.489 e. The summed E-state index contributed by atoms with van der Waals surface area (Å²) in [4.78, 5) is 0. The summed E-state index contributed by atoms with van der Waals surface area (Å²) in [6.45, 7) is 13.8. The van der Waals surface area contributed by atoms with E-state index in [2.05, 4.69) is 46.0 Å². The van der Waals surface area contributed by atoms with Crippen molar-refractivity contribution in [3.05, 3.63) is 28.3 Å². The average Bonchev–Trinajstić information content (AvgIpc) is 2.40. The SMILES string of the molecule is CCCC(C)NCC(C)Oc1cc(C)c(Cl)cc1C(C)C. The molecule has 0 amide bonds. The Morgan fingerprint density at radius 3 is 2.43 bits per heavy atom. The molecule has 3 heteroatoms. The van der Waals surface area contributed by atoms with E-state index in [1.165, 1.54) is 18.4 Å². The summed E-state index contributed by atoms with van der Waals surface area (Å²) in [6.07, 6.45) is 2.55. The van der Waals surface area contributed by atoms with Crippen molar-refractivity contribution < 1.29 is 4.74 Å². The first kappa shape index (κ1) is 18.3. The highest BCUT2D eigenvalue weighted by Crippen LogP contribution is 2.32. The minimum atomic E-state index is 0.141. The van der Waals surface area contributed by atoms with Gasteiger partial charge in [0.2, 0.25) is 0 Å². The van der Waals surface area contributed by atoms with Gasteiger partial charge in [-0.25, -0.2) is 0 Å². The predicted molar refractivity (Wildman–Crippen MR) is 92.7 cm³/mol. The van der Waals surface area contributed by atoms with E-state index in [9.17, 15) is 0 Å². The molecule has 120 valence electrons. The van der Waals surface area contributed by atoms with Gasteiger partial charge in [-0.1, -0.05) is 38.8 Å². The molecule has 0 aliphatic heterocycles. The van der Waals surface area contributed by atoms with Crippen molar-refractivity contribution in [2.45, 2.75) is 72.4 Å². The quantitative estimate of drug-likeness (QED) is 0.701. The molecule has 0 bridgehead atoms. The molecule has 0 saturated carbocycles. The van der Waals surface area contributed by atoms with Crippen LogP contribution in [0, 0.1) is 6.92 Å². The first-order valence-electron chi connectivity index (χ1n) is 8.05. The van der Waals surface area contributed by atoms with Gasteiger partial charge in [-0.3, -0.25) is 0 Å². The molecule has 0 radical (unpaired) electrons. The molecular weight excluding hydrogens is 282 g/mol. The first-order chi connectivity index (χ1) is 9.85. The molecule has 2 atom stereocenters. The van der Waals surface area contributed by atoms with Gasteiger partial charge >= 0.3 is 0 Å². The van der Waals surface area contributed by atoms with E-state index in [4.69, 9.17) is 16.3 Å². The average molecular weight is 312 g/mol. The fourth-order valence-electron chi connectivity index (χ4n) is 2.38. The third-order valence-electron chi connectivity index (χ3n) is 3.72. The van der Waals surface area contributed by atoms with Gasteiger partial charge in [0.15, 0.2) is 0 Å². The summed E-state index contributed by atoms with van der Waals surface area (Å²) in [5, 5.41) is 4.34. The predicted octanol–water partition coefficient (Wildman–Crippen LogP) is 5.32. The lowest BCUT2D eigenvalue weighted by molar-refractivity contribution is 0.209. The molecule has 0 saturated heterocycles. The summed E-state index contributed by atoms with van der Waals surface area (Å²) in [7, 11) is 0. The Hall–Kier alpha value is -0.730. The number of ether oxygens (including phenoxy) is 1. The molecule has 0 heterocycles. The molecule has 1 N–H and O–H groups in total. The Balaban J connectivity index is 2.71. The third-order valence-corrected chi connectivity index (χ3v) is 4.12. The van der Waals surface area contributed by atoms with Crippen molar-refractivity contribution in [2.24, 2.45) is 0 Å². The van der Waals surface area contributed by atoms with Crippen molar-refractivity contribution >= 4 is 11.6 Å². The van der Waals surface area contributed by atoms with Crippen molar-refractivity contribution in [2.75, 3.05) is 6.54 Å². The van der Waals surface area contributed by atoms with Crippen molar-refractivity contribution in [3.8, 4) is 5.75 Å². The molecule has 0 aromatic heterocycles. The topological polar surface area (TPSA) is 21.3 Å². The Kier molecular flexibility index (Phi) is 7.55. The van der Waals surface area contributed by atoms with Crippen LogP contribution in [-0.4, -0.2) is 18.7 Å². The number of hydrogen-bond acceptors (Lipinski definition) is 2. The number of hydrogen-bond donors (Lipinski definition) is 1. The van der Waals surface area contributed by atoms with Gasteiger partial charge in [0.1, 0.15) is 11.9 Å². The standard InChI is InChI=1S/C18H30ClNO/c1-7-8-14(5)20-11-15(6)21-18-9-13(4)17(19)10-16(18)12(2)3/h9-10,12,14-15,20H,7-8,11H2,1-6H3. The highest BCUT2D eigenvalue weighted by Gasteiger charge is 2.14. The fourth-order valence-corrected chi connectivity index (χ4v) is 2.56. The molecule has 0 spiro atoms. The van der Waals surface area contributed by atoms with Gasteiger partial charge in [0, 0.05) is 17.6 Å². The maximum Gasteiger partial charge on any atom is 0.123 e. The van der Waals surface area contributed by atoms with Gasteiger partial charge < -0.3 is 10.1 Å². The second-order valence-electron chi connectivity index (χ2n) is 6.32. The van der Waals surface area contributed by atoms with Crippen LogP contribution in [0.5, 0.6) is 5.75 Å². The van der Waals surface area contributed by atoms with E-state index >= 15 is 0 Å². The van der Waals surface area contributed by atoms with Crippen molar-refractivity contribution in [3.63, 3.8) is 0 Å². The minimum Gasteiger partial charge on any atom is -0.489 e. The van der Waals surface area contributed by atoms with Crippen LogP contribution in [0.2, 0.25) is 5.02 Å². The third kappa shape index (κ3) is 5.88. The Morgan fingerprint density at radius 2 is 1.86 bits per heavy atom. The summed E-state index contributed by atoms with van der Waals surface area (Å²) < 4.78 is 6.15. The Bertz CT molecular complexity index is 445. The minimum absolute atomic E-state index is 0.141. The second-order valence-corrected chi connectivity index (χ2v) is 6.73. The van der Waals surface area contributed by atoms with Crippen LogP contribution in [0.15, 0.2) is 12.1 Å². The lowest BCUT2D eigenvalue weighted by Gasteiger charge is -2.22. The van der Waals surface area contributed by atoms with Gasteiger partial charge in [0.05, 0.1) is 0 Å². The van der Waals surface area contributed by atoms with Crippen LogP contribution in [0.4, 0.5) is 0 Å². The van der Waals surface area contributed by atoms with Crippen molar-refractivity contribution in [1.29, 1.82) is 0 Å².